The van der Waals surface area contributed by atoms with E-state index >= 15 is 0 Å². The molecule has 10 nitrogen and oxygen atoms in total. The van der Waals surface area contributed by atoms with Crippen LogP contribution >= 0.6 is 0 Å². The molecule has 0 saturated carbocycles. The van der Waals surface area contributed by atoms with Crippen molar-refractivity contribution in [2.75, 3.05) is 0 Å². The number of hydrogen-bond acceptors (Lipinski definition) is 6. The van der Waals surface area contributed by atoms with Crippen LogP contribution in [0.25, 0.3) is 0 Å². The number of amides is 4. The van der Waals surface area contributed by atoms with Crippen LogP contribution in [0.1, 0.15) is 295 Å². The minimum absolute atomic E-state index is 0. The molecule has 68 heavy (non-hydrogen) atoms. The summed E-state index contributed by atoms with van der Waals surface area (Å²) in [5.41, 5.74) is 0. The molecule has 10 heteroatoms. The van der Waals surface area contributed by atoms with E-state index in [1.165, 1.54) is 0 Å². The van der Waals surface area contributed by atoms with Gasteiger partial charge < -0.3 is 21.3 Å². The van der Waals surface area contributed by atoms with E-state index in [1.807, 2.05) is 41.5 Å². The predicted molar refractivity (Wildman–Crippen MR) is 300 cm³/mol. The van der Waals surface area contributed by atoms with E-state index in [0.717, 1.165) is 128 Å². The monoisotopic (exact) mass is 973 g/mol. The summed E-state index contributed by atoms with van der Waals surface area (Å²) in [4.78, 5) is 77.1. The third-order valence-corrected chi connectivity index (χ3v) is 11.7. The third-order valence-electron chi connectivity index (χ3n) is 11.7. The Morgan fingerprint density at radius 3 is 0.721 bits per heavy atom. The lowest BCUT2D eigenvalue weighted by Gasteiger charge is -2.24. The summed E-state index contributed by atoms with van der Waals surface area (Å²) in [6.45, 7) is 24.8. The number of unbranched alkanes of at least 4 members (excludes halogenated alkanes) is 12. The fourth-order valence-electron chi connectivity index (χ4n) is 7.48. The minimum atomic E-state index is -0.562. The van der Waals surface area contributed by atoms with Crippen LogP contribution in [0.4, 0.5) is 0 Å². The normalized spacial score (nSPS) is 12.9. The summed E-state index contributed by atoms with van der Waals surface area (Å²) in [6.07, 6.45) is 23.8. The summed E-state index contributed by atoms with van der Waals surface area (Å²) in [5, 5.41) is 12.0. The predicted octanol–water partition coefficient (Wildman–Crippen LogP) is 15.7. The van der Waals surface area contributed by atoms with E-state index in [1.54, 1.807) is 0 Å². The fraction of sp³-hybridized carbons (Fsp3) is 0.897. The Labute approximate surface area is 426 Å². The zero-order valence-corrected chi connectivity index (χ0v) is 42.5. The molecule has 4 N–H and O–H groups in total. The Morgan fingerprint density at radius 1 is 0.294 bits per heavy atom. The molecule has 0 fully saturated rings. The number of carbonyl (C=O) groups excluding carboxylic acids is 6. The molecular weight excluding hydrogens is 849 g/mol. The molecule has 0 aliphatic rings. The van der Waals surface area contributed by atoms with E-state index in [-0.39, 0.29) is 103 Å². The van der Waals surface area contributed by atoms with Crippen LogP contribution in [0.5, 0.6) is 0 Å². The van der Waals surface area contributed by atoms with Crippen LogP contribution in [-0.2, 0) is 28.8 Å². The summed E-state index contributed by atoms with van der Waals surface area (Å²) >= 11 is 0. The van der Waals surface area contributed by atoms with Gasteiger partial charge in [-0.05, 0) is 50.4 Å². The van der Waals surface area contributed by atoms with Crippen LogP contribution in [0.15, 0.2) is 0 Å². The zero-order chi connectivity index (χ0) is 47.3. The van der Waals surface area contributed by atoms with Crippen LogP contribution in [0.3, 0.4) is 0 Å². The van der Waals surface area contributed by atoms with Crippen molar-refractivity contribution in [3.8, 4) is 0 Å². The quantitative estimate of drug-likeness (QED) is 0.0453. The van der Waals surface area contributed by atoms with Crippen molar-refractivity contribution < 1.29 is 28.8 Å². The largest absolute Gasteiger partial charge is 0.345 e. The van der Waals surface area contributed by atoms with E-state index in [4.69, 9.17) is 0 Å². The van der Waals surface area contributed by atoms with Gasteiger partial charge in [-0.3, -0.25) is 28.8 Å². The lowest BCUT2D eigenvalue weighted by atomic mass is 9.96. The molecule has 0 saturated heterocycles. The highest BCUT2D eigenvalue weighted by Gasteiger charge is 2.29. The Hall–Kier alpha value is -2.78. The van der Waals surface area contributed by atoms with Gasteiger partial charge in [-0.25, -0.2) is 0 Å². The highest BCUT2D eigenvalue weighted by Crippen LogP contribution is 2.16. The standard InChI is InChI=1S/2C26H50N2O3.6CH4/c2*1-7-10-13-16-21(6)25(30)28-23(18-15-12-9-3)26(31)27-22(17-14-11-8-2)24(29)19-20(4)5;;;;;;/h2*20-23H,7-19H2,1-6H3,(H,27,31)(H,28,30);6*1H4. The lowest BCUT2D eigenvalue weighted by Crippen LogP contribution is -2.52. The highest BCUT2D eigenvalue weighted by molar-refractivity contribution is 5.94. The maximum atomic E-state index is 13.1. The van der Waals surface area contributed by atoms with Gasteiger partial charge in [-0.1, -0.05) is 243 Å². The number of nitrogens with one attached hydrogen (secondary N) is 4. The first-order chi connectivity index (χ1) is 29.5. The van der Waals surface area contributed by atoms with Crippen LogP contribution in [0.2, 0.25) is 0 Å². The molecule has 6 atom stereocenters. The molecule has 0 aromatic carbocycles. The van der Waals surface area contributed by atoms with Crippen molar-refractivity contribution in [1.29, 1.82) is 0 Å². The van der Waals surface area contributed by atoms with Crippen molar-refractivity contribution in [1.82, 2.24) is 21.3 Å². The number of ketones is 2. The SMILES string of the molecule is C.C.C.C.C.C.CCCCCC(C)C(=O)NC(CCCCC)C(=O)NC(CCCCC)C(=O)CC(C)C.CCCCCC(C)C(=O)NC(CCCCC)C(=O)NC(CCCCC)C(=O)CC(C)C. The van der Waals surface area contributed by atoms with Crippen molar-refractivity contribution in [3.63, 3.8) is 0 Å². The van der Waals surface area contributed by atoms with Gasteiger partial charge in [0.15, 0.2) is 11.6 Å². The second-order valence-corrected chi connectivity index (χ2v) is 19.2. The summed E-state index contributed by atoms with van der Waals surface area (Å²) in [7, 11) is 0. The Kier molecular flexibility index (Phi) is 64.7. The van der Waals surface area contributed by atoms with Gasteiger partial charge in [-0.15, -0.1) is 0 Å². The highest BCUT2D eigenvalue weighted by atomic mass is 16.2. The molecule has 0 radical (unpaired) electrons. The second kappa shape index (κ2) is 53.6. The molecule has 0 heterocycles. The van der Waals surface area contributed by atoms with E-state index in [9.17, 15) is 28.8 Å². The first-order valence-electron chi connectivity index (χ1n) is 25.8. The second-order valence-electron chi connectivity index (χ2n) is 19.2. The Morgan fingerprint density at radius 2 is 0.500 bits per heavy atom. The number of rotatable bonds is 38. The van der Waals surface area contributed by atoms with Crippen molar-refractivity contribution >= 4 is 35.2 Å². The zero-order valence-electron chi connectivity index (χ0n) is 42.5. The molecule has 0 aliphatic carbocycles. The van der Waals surface area contributed by atoms with Gasteiger partial charge in [0.25, 0.3) is 0 Å². The molecule has 6 unspecified atom stereocenters. The third kappa shape index (κ3) is 43.3. The molecule has 4 amide bonds. The first-order valence-corrected chi connectivity index (χ1v) is 25.8. The fourth-order valence-corrected chi connectivity index (χ4v) is 7.48. The van der Waals surface area contributed by atoms with Gasteiger partial charge >= 0.3 is 0 Å². The van der Waals surface area contributed by atoms with Gasteiger partial charge in [0.2, 0.25) is 23.6 Å². The molecule has 0 aromatic heterocycles. The molecule has 0 spiro atoms. The van der Waals surface area contributed by atoms with Crippen molar-refractivity contribution in [2.24, 2.45) is 23.7 Å². The number of carbonyl (C=O) groups is 6. The van der Waals surface area contributed by atoms with Crippen LogP contribution in [-0.4, -0.2) is 59.4 Å². The smallest absolute Gasteiger partial charge is 0.243 e. The van der Waals surface area contributed by atoms with Crippen molar-refractivity contribution in [3.05, 3.63) is 0 Å². The number of Topliss-reactive ketones (excluding diaryl/α,β-unsaturated/α-hetero) is 2. The van der Waals surface area contributed by atoms with Crippen LogP contribution in [0, 0.1) is 23.7 Å². The van der Waals surface area contributed by atoms with E-state index in [0.29, 0.717) is 38.5 Å². The maximum Gasteiger partial charge on any atom is 0.243 e. The van der Waals surface area contributed by atoms with E-state index < -0.39 is 24.2 Å². The summed E-state index contributed by atoms with van der Waals surface area (Å²) in [5.74, 6) is 0.0216. The number of hydrogen-bond donors (Lipinski definition) is 4. The van der Waals surface area contributed by atoms with Gasteiger partial charge in [0, 0.05) is 24.7 Å². The average Bonchev–Trinajstić information content (AvgIpc) is 3.21. The summed E-state index contributed by atoms with van der Waals surface area (Å²) in [6, 6.07) is -2.02. The maximum absolute atomic E-state index is 13.1. The minimum Gasteiger partial charge on any atom is -0.345 e. The summed E-state index contributed by atoms with van der Waals surface area (Å²) < 4.78 is 0. The molecule has 0 aliphatic heterocycles. The van der Waals surface area contributed by atoms with E-state index in [2.05, 4.69) is 62.8 Å². The molecule has 0 bridgehead atoms. The van der Waals surface area contributed by atoms with Crippen LogP contribution < -0.4 is 21.3 Å². The molecule has 0 rings (SSSR count). The first kappa shape index (κ1) is 82.2. The molecule has 0 aromatic rings. The molecular formula is C58H124N4O6. The Bertz CT molecular complexity index is 1100. The van der Waals surface area contributed by atoms with Crippen molar-refractivity contribution in [2.45, 2.75) is 319 Å². The topological polar surface area (TPSA) is 151 Å². The average molecular weight is 974 g/mol. The van der Waals surface area contributed by atoms with Gasteiger partial charge in [0.1, 0.15) is 12.1 Å². The Balaban J connectivity index is -0.000000162. The van der Waals surface area contributed by atoms with Gasteiger partial charge in [-0.2, -0.15) is 0 Å². The lowest BCUT2D eigenvalue weighted by molar-refractivity contribution is -0.133. The van der Waals surface area contributed by atoms with Gasteiger partial charge in [0.05, 0.1) is 12.1 Å². The molecule has 412 valence electrons.